The maximum Gasteiger partial charge on any atom is 0.0996 e. The van der Waals surface area contributed by atoms with Crippen molar-refractivity contribution >= 4 is 28.9 Å². The van der Waals surface area contributed by atoms with Crippen molar-refractivity contribution in [2.75, 3.05) is 31.1 Å². The Morgan fingerprint density at radius 3 is 2.55 bits per heavy atom. The summed E-state index contributed by atoms with van der Waals surface area (Å²) in [4.78, 5) is 8.80. The van der Waals surface area contributed by atoms with Crippen LogP contribution in [0.3, 0.4) is 0 Å². The molecule has 2 heterocycles. The third-order valence-electron chi connectivity index (χ3n) is 6.16. The van der Waals surface area contributed by atoms with Crippen molar-refractivity contribution in [3.05, 3.63) is 93.2 Å². The fourth-order valence-corrected chi connectivity index (χ4v) is 4.87. The van der Waals surface area contributed by atoms with Crippen LogP contribution in [0.5, 0.6) is 0 Å². The maximum absolute atomic E-state index is 11.3. The normalized spacial score (nSPS) is 18.5. The summed E-state index contributed by atoms with van der Waals surface area (Å²) in [5.41, 5.74) is 3.28. The van der Waals surface area contributed by atoms with Crippen LogP contribution in [0.25, 0.3) is 0 Å². The number of halogens is 2. The summed E-state index contributed by atoms with van der Waals surface area (Å²) in [6, 6.07) is 19.2. The smallest absolute Gasteiger partial charge is 0.0996 e. The van der Waals surface area contributed by atoms with Gasteiger partial charge < -0.3 is 10.0 Å². The molecule has 1 aliphatic rings. The van der Waals surface area contributed by atoms with Gasteiger partial charge in [0.2, 0.25) is 0 Å². The topological polar surface area (TPSA) is 63.4 Å². The number of piperazine rings is 1. The first-order valence-electron chi connectivity index (χ1n) is 10.9. The number of anilines is 1. The molecule has 1 saturated heterocycles. The molecule has 1 aromatic heterocycles. The fraction of sp³-hybridized carbons (Fsp3) is 0.308. The number of hydrogen-bond acceptors (Lipinski definition) is 5. The standard InChI is InChI=1S/C26H26Cl2N4O/c1-18-13-21(9-10-30-18)26(2,33)17-31-11-12-32(24-8-3-19(15-29)14-23(24)28)25(16-31)20-4-6-22(27)7-5-20/h3-10,13-14,25,33H,11-12,16-17H2,1-2H3/t25-,26-/m0/s1. The monoisotopic (exact) mass is 480 g/mol. The van der Waals surface area contributed by atoms with Crippen molar-refractivity contribution in [2.24, 2.45) is 0 Å². The zero-order chi connectivity index (χ0) is 23.6. The van der Waals surface area contributed by atoms with E-state index in [0.717, 1.165) is 35.6 Å². The Hall–Kier alpha value is -2.62. The third-order valence-corrected chi connectivity index (χ3v) is 6.71. The first-order chi connectivity index (χ1) is 15.8. The zero-order valence-corrected chi connectivity index (χ0v) is 20.2. The quantitative estimate of drug-likeness (QED) is 0.533. The van der Waals surface area contributed by atoms with E-state index >= 15 is 0 Å². The first-order valence-corrected chi connectivity index (χ1v) is 11.6. The van der Waals surface area contributed by atoms with Crippen LogP contribution >= 0.6 is 23.2 Å². The second-order valence-corrected chi connectivity index (χ2v) is 9.58. The molecular weight excluding hydrogens is 455 g/mol. The highest BCUT2D eigenvalue weighted by Crippen LogP contribution is 2.37. The molecule has 0 aliphatic carbocycles. The number of benzene rings is 2. The van der Waals surface area contributed by atoms with Crippen LogP contribution in [-0.2, 0) is 5.60 Å². The molecule has 1 aliphatic heterocycles. The van der Waals surface area contributed by atoms with E-state index in [1.807, 2.05) is 56.3 Å². The van der Waals surface area contributed by atoms with Gasteiger partial charge in [-0.1, -0.05) is 35.3 Å². The largest absolute Gasteiger partial charge is 0.384 e. The molecule has 0 unspecified atom stereocenters. The summed E-state index contributed by atoms with van der Waals surface area (Å²) in [6.45, 7) is 6.47. The van der Waals surface area contributed by atoms with Crippen LogP contribution in [0.2, 0.25) is 10.0 Å². The molecule has 0 spiro atoms. The molecule has 3 aromatic rings. The molecule has 1 fully saturated rings. The van der Waals surface area contributed by atoms with Crippen molar-refractivity contribution in [1.82, 2.24) is 9.88 Å². The molecule has 0 saturated carbocycles. The zero-order valence-electron chi connectivity index (χ0n) is 18.7. The molecule has 2 atom stereocenters. The predicted molar refractivity (Wildman–Crippen MR) is 133 cm³/mol. The van der Waals surface area contributed by atoms with E-state index in [9.17, 15) is 10.4 Å². The van der Waals surface area contributed by atoms with E-state index in [4.69, 9.17) is 23.2 Å². The van der Waals surface area contributed by atoms with E-state index in [2.05, 4.69) is 20.9 Å². The van der Waals surface area contributed by atoms with Crippen molar-refractivity contribution in [3.8, 4) is 6.07 Å². The minimum Gasteiger partial charge on any atom is -0.384 e. The number of β-amino-alcohol motifs (C(OH)–C–C–N with tert-alkyl or cyclic N) is 1. The average molecular weight is 481 g/mol. The van der Waals surface area contributed by atoms with Gasteiger partial charge >= 0.3 is 0 Å². The number of pyridine rings is 1. The van der Waals surface area contributed by atoms with Crippen molar-refractivity contribution in [2.45, 2.75) is 25.5 Å². The number of aliphatic hydroxyl groups is 1. The highest BCUT2D eigenvalue weighted by Gasteiger charge is 2.34. The van der Waals surface area contributed by atoms with Crippen LogP contribution in [0.15, 0.2) is 60.8 Å². The average Bonchev–Trinajstić information content (AvgIpc) is 2.79. The van der Waals surface area contributed by atoms with E-state index < -0.39 is 5.60 Å². The Morgan fingerprint density at radius 2 is 1.88 bits per heavy atom. The third kappa shape index (κ3) is 5.31. The molecule has 0 radical (unpaired) electrons. The van der Waals surface area contributed by atoms with Gasteiger partial charge in [-0.05, 0) is 67.4 Å². The Morgan fingerprint density at radius 1 is 1.12 bits per heavy atom. The molecule has 7 heteroatoms. The Kier molecular flexibility index (Phi) is 6.92. The second-order valence-electron chi connectivity index (χ2n) is 8.73. The molecule has 0 amide bonds. The summed E-state index contributed by atoms with van der Waals surface area (Å²) in [5, 5.41) is 21.7. The lowest BCUT2D eigenvalue weighted by atomic mass is 9.94. The SMILES string of the molecule is Cc1cc([C@@](C)(O)CN2CCN(c3ccc(C#N)cc3Cl)[C@H](c3ccc(Cl)cc3)C2)ccn1. The maximum atomic E-state index is 11.3. The van der Waals surface area contributed by atoms with Gasteiger partial charge in [0.1, 0.15) is 0 Å². The lowest BCUT2D eigenvalue weighted by Crippen LogP contribution is -2.52. The lowest BCUT2D eigenvalue weighted by molar-refractivity contribution is 0.0102. The van der Waals surface area contributed by atoms with Crippen LogP contribution < -0.4 is 4.90 Å². The van der Waals surface area contributed by atoms with Gasteiger partial charge in [0.15, 0.2) is 0 Å². The summed E-state index contributed by atoms with van der Waals surface area (Å²) in [7, 11) is 0. The van der Waals surface area contributed by atoms with Gasteiger partial charge in [0.05, 0.1) is 34.0 Å². The van der Waals surface area contributed by atoms with Crippen LogP contribution in [-0.4, -0.2) is 41.2 Å². The number of hydrogen-bond donors (Lipinski definition) is 1. The number of nitriles is 1. The summed E-state index contributed by atoms with van der Waals surface area (Å²) in [5.74, 6) is 0. The summed E-state index contributed by atoms with van der Waals surface area (Å²) in [6.07, 6.45) is 1.74. The number of nitrogens with zero attached hydrogens (tertiary/aromatic N) is 4. The molecule has 0 bridgehead atoms. The number of rotatable bonds is 5. The molecular formula is C26H26Cl2N4O. The molecule has 1 N–H and O–H groups in total. The van der Waals surface area contributed by atoms with Gasteiger partial charge in [0, 0.05) is 43.1 Å². The minimum absolute atomic E-state index is 0.0106. The highest BCUT2D eigenvalue weighted by atomic mass is 35.5. The molecule has 33 heavy (non-hydrogen) atoms. The number of aromatic nitrogens is 1. The van der Waals surface area contributed by atoms with E-state index in [1.165, 1.54) is 0 Å². The predicted octanol–water partition coefficient (Wildman–Crippen LogP) is 5.34. The van der Waals surface area contributed by atoms with Crippen LogP contribution in [0.4, 0.5) is 5.69 Å². The van der Waals surface area contributed by atoms with Gasteiger partial charge in [-0.15, -0.1) is 0 Å². The number of aryl methyl sites for hydroxylation is 1. The van der Waals surface area contributed by atoms with E-state index in [1.54, 1.807) is 18.3 Å². The van der Waals surface area contributed by atoms with Gasteiger partial charge in [-0.3, -0.25) is 9.88 Å². The fourth-order valence-electron chi connectivity index (χ4n) is 4.46. The van der Waals surface area contributed by atoms with Gasteiger partial charge in [-0.25, -0.2) is 0 Å². The summed E-state index contributed by atoms with van der Waals surface area (Å²) < 4.78 is 0. The van der Waals surface area contributed by atoms with Crippen molar-refractivity contribution in [3.63, 3.8) is 0 Å². The van der Waals surface area contributed by atoms with Crippen molar-refractivity contribution < 1.29 is 5.11 Å². The molecule has 2 aromatic carbocycles. The summed E-state index contributed by atoms with van der Waals surface area (Å²) >= 11 is 12.7. The first kappa shape index (κ1) is 23.5. The highest BCUT2D eigenvalue weighted by molar-refractivity contribution is 6.33. The molecule has 5 nitrogen and oxygen atoms in total. The van der Waals surface area contributed by atoms with Crippen LogP contribution in [0.1, 0.15) is 35.3 Å². The Bertz CT molecular complexity index is 1170. The Balaban J connectivity index is 1.62. The second kappa shape index (κ2) is 9.70. The van der Waals surface area contributed by atoms with Crippen LogP contribution in [0, 0.1) is 18.3 Å². The van der Waals surface area contributed by atoms with Gasteiger partial charge in [0.25, 0.3) is 0 Å². The van der Waals surface area contributed by atoms with Gasteiger partial charge in [-0.2, -0.15) is 5.26 Å². The van der Waals surface area contributed by atoms with E-state index in [-0.39, 0.29) is 6.04 Å². The molecule has 4 rings (SSSR count). The minimum atomic E-state index is -1.01. The lowest BCUT2D eigenvalue weighted by Gasteiger charge is -2.45. The Labute approximate surface area is 204 Å². The van der Waals surface area contributed by atoms with Crippen molar-refractivity contribution in [1.29, 1.82) is 5.26 Å². The van der Waals surface area contributed by atoms with E-state index in [0.29, 0.717) is 28.7 Å². The molecule has 170 valence electrons.